The Kier molecular flexibility index (Phi) is 6.68. The van der Waals surface area contributed by atoms with E-state index in [1.807, 2.05) is 13.8 Å². The van der Waals surface area contributed by atoms with Crippen LogP contribution in [-0.4, -0.2) is 37.2 Å². The Labute approximate surface area is 108 Å². The highest BCUT2D eigenvalue weighted by Gasteiger charge is 2.36. The highest BCUT2D eigenvalue weighted by molar-refractivity contribution is 5.84. The maximum absolute atomic E-state index is 11.6. The standard InChI is InChI=1S/C11H23N5O2/c1-10(2,18-4)8-11(3,9(12)17)14-6-5-7-15-16-13/h14H,5-8H2,1-4H3,(H2,12,17). The van der Waals surface area contributed by atoms with Crippen LogP contribution in [0.3, 0.4) is 0 Å². The van der Waals surface area contributed by atoms with Crippen molar-refractivity contribution in [2.45, 2.75) is 44.8 Å². The second kappa shape index (κ2) is 7.20. The lowest BCUT2D eigenvalue weighted by Gasteiger charge is -2.35. The van der Waals surface area contributed by atoms with Crippen molar-refractivity contribution in [2.24, 2.45) is 10.8 Å². The van der Waals surface area contributed by atoms with Gasteiger partial charge < -0.3 is 15.8 Å². The van der Waals surface area contributed by atoms with E-state index >= 15 is 0 Å². The minimum atomic E-state index is -0.837. The van der Waals surface area contributed by atoms with Crippen LogP contribution in [0, 0.1) is 0 Å². The van der Waals surface area contributed by atoms with Gasteiger partial charge in [0.1, 0.15) is 0 Å². The number of hydrogen-bond donors (Lipinski definition) is 2. The first-order chi connectivity index (χ1) is 8.27. The predicted molar refractivity (Wildman–Crippen MR) is 69.9 cm³/mol. The average Bonchev–Trinajstić information content (AvgIpc) is 2.28. The molecule has 0 spiro atoms. The molecule has 0 aromatic carbocycles. The second-order valence-electron chi connectivity index (χ2n) is 5.07. The summed E-state index contributed by atoms with van der Waals surface area (Å²) in [6, 6.07) is 0. The molecule has 104 valence electrons. The quantitative estimate of drug-likeness (QED) is 0.281. The van der Waals surface area contributed by atoms with Crippen LogP contribution in [0.5, 0.6) is 0 Å². The molecule has 0 saturated heterocycles. The van der Waals surface area contributed by atoms with Gasteiger partial charge in [0, 0.05) is 25.0 Å². The zero-order chi connectivity index (χ0) is 14.2. The molecule has 1 atom stereocenters. The van der Waals surface area contributed by atoms with Gasteiger partial charge in [0.25, 0.3) is 0 Å². The van der Waals surface area contributed by atoms with Gasteiger partial charge in [0.2, 0.25) is 5.91 Å². The maximum atomic E-state index is 11.6. The molecule has 0 fully saturated rings. The van der Waals surface area contributed by atoms with Crippen LogP contribution in [0.15, 0.2) is 5.11 Å². The molecule has 0 aliphatic rings. The maximum Gasteiger partial charge on any atom is 0.237 e. The van der Waals surface area contributed by atoms with E-state index < -0.39 is 17.0 Å². The molecular weight excluding hydrogens is 234 g/mol. The van der Waals surface area contributed by atoms with Gasteiger partial charge in [0.05, 0.1) is 11.1 Å². The number of primary amides is 1. The van der Waals surface area contributed by atoms with E-state index in [1.54, 1.807) is 14.0 Å². The Morgan fingerprint density at radius 3 is 2.56 bits per heavy atom. The summed E-state index contributed by atoms with van der Waals surface area (Å²) in [7, 11) is 1.60. The van der Waals surface area contributed by atoms with Gasteiger partial charge >= 0.3 is 0 Å². The van der Waals surface area contributed by atoms with Crippen LogP contribution in [0.1, 0.15) is 33.6 Å². The van der Waals surface area contributed by atoms with E-state index in [0.29, 0.717) is 25.9 Å². The lowest BCUT2D eigenvalue weighted by molar-refractivity contribution is -0.126. The molecule has 7 heteroatoms. The van der Waals surface area contributed by atoms with Crippen LogP contribution >= 0.6 is 0 Å². The molecule has 0 aromatic rings. The molecule has 1 unspecified atom stereocenters. The summed E-state index contributed by atoms with van der Waals surface area (Å²) in [5.41, 5.74) is 12.3. The van der Waals surface area contributed by atoms with Gasteiger partial charge in [-0.3, -0.25) is 4.79 Å². The molecule has 7 nitrogen and oxygen atoms in total. The number of hydrogen-bond acceptors (Lipinski definition) is 4. The van der Waals surface area contributed by atoms with Gasteiger partial charge in [0.15, 0.2) is 0 Å². The van der Waals surface area contributed by atoms with Crippen molar-refractivity contribution in [2.75, 3.05) is 20.2 Å². The summed E-state index contributed by atoms with van der Waals surface area (Å²) >= 11 is 0. The van der Waals surface area contributed by atoms with Gasteiger partial charge in [-0.05, 0) is 39.3 Å². The molecule has 0 aromatic heterocycles. The summed E-state index contributed by atoms with van der Waals surface area (Å²) < 4.78 is 5.31. The topological polar surface area (TPSA) is 113 Å². The Balaban J connectivity index is 4.44. The molecular formula is C11H23N5O2. The van der Waals surface area contributed by atoms with Crippen LogP contribution in [-0.2, 0) is 9.53 Å². The Bertz CT molecular complexity index is 325. The van der Waals surface area contributed by atoms with E-state index in [9.17, 15) is 4.79 Å². The Hall–Kier alpha value is -1.30. The molecule has 1 amide bonds. The number of nitrogens with one attached hydrogen (secondary N) is 1. The number of nitrogens with two attached hydrogens (primary N) is 1. The summed E-state index contributed by atoms with van der Waals surface area (Å²) in [5.74, 6) is -0.420. The Morgan fingerprint density at radius 1 is 1.50 bits per heavy atom. The first kappa shape index (κ1) is 16.7. The monoisotopic (exact) mass is 257 g/mol. The Morgan fingerprint density at radius 2 is 2.11 bits per heavy atom. The van der Waals surface area contributed by atoms with E-state index in [4.69, 9.17) is 16.0 Å². The highest BCUT2D eigenvalue weighted by atomic mass is 16.5. The SMILES string of the molecule is COC(C)(C)CC(C)(NCCCN=[N+]=[N-])C(N)=O. The average molecular weight is 257 g/mol. The van der Waals surface area contributed by atoms with E-state index in [1.165, 1.54) is 0 Å². The fourth-order valence-electron chi connectivity index (χ4n) is 1.72. The fourth-order valence-corrected chi connectivity index (χ4v) is 1.72. The number of rotatable bonds is 9. The third-order valence-corrected chi connectivity index (χ3v) is 2.89. The first-order valence-electron chi connectivity index (χ1n) is 5.88. The molecule has 3 N–H and O–H groups in total. The normalized spacial score (nSPS) is 14.7. The largest absolute Gasteiger partial charge is 0.379 e. The zero-order valence-electron chi connectivity index (χ0n) is 11.6. The number of nitrogens with zero attached hydrogens (tertiary/aromatic N) is 3. The molecule has 18 heavy (non-hydrogen) atoms. The van der Waals surface area contributed by atoms with E-state index in [2.05, 4.69) is 15.3 Å². The molecule has 0 aliphatic carbocycles. The lowest BCUT2D eigenvalue weighted by atomic mass is 9.87. The smallest absolute Gasteiger partial charge is 0.237 e. The number of carbonyl (C=O) groups excluding carboxylic acids is 1. The number of amides is 1. The number of carbonyl (C=O) groups is 1. The van der Waals surface area contributed by atoms with Crippen molar-refractivity contribution < 1.29 is 9.53 Å². The van der Waals surface area contributed by atoms with Crippen molar-refractivity contribution >= 4 is 5.91 Å². The number of azide groups is 1. The molecule has 0 rings (SSSR count). The van der Waals surface area contributed by atoms with Crippen LogP contribution in [0.4, 0.5) is 0 Å². The van der Waals surface area contributed by atoms with Gasteiger partial charge in [-0.1, -0.05) is 5.11 Å². The lowest BCUT2D eigenvalue weighted by Crippen LogP contribution is -2.57. The third kappa shape index (κ3) is 5.86. The summed E-state index contributed by atoms with van der Waals surface area (Å²) in [6.07, 6.45) is 1.12. The summed E-state index contributed by atoms with van der Waals surface area (Å²) in [6.45, 7) is 6.50. The minimum absolute atomic E-state index is 0.395. The minimum Gasteiger partial charge on any atom is -0.379 e. The first-order valence-corrected chi connectivity index (χ1v) is 5.88. The van der Waals surface area contributed by atoms with E-state index in [0.717, 1.165) is 0 Å². The zero-order valence-corrected chi connectivity index (χ0v) is 11.6. The molecule has 0 aliphatic heterocycles. The van der Waals surface area contributed by atoms with E-state index in [-0.39, 0.29) is 0 Å². The van der Waals surface area contributed by atoms with Crippen molar-refractivity contribution in [1.29, 1.82) is 0 Å². The van der Waals surface area contributed by atoms with Gasteiger partial charge in [-0.25, -0.2) is 0 Å². The van der Waals surface area contributed by atoms with Gasteiger partial charge in [-0.2, -0.15) is 0 Å². The molecule has 0 heterocycles. The number of ether oxygens (including phenoxy) is 1. The third-order valence-electron chi connectivity index (χ3n) is 2.89. The van der Waals surface area contributed by atoms with Crippen molar-refractivity contribution in [3.05, 3.63) is 10.4 Å². The van der Waals surface area contributed by atoms with Crippen molar-refractivity contribution in [3.63, 3.8) is 0 Å². The van der Waals surface area contributed by atoms with Crippen LogP contribution in [0.2, 0.25) is 0 Å². The summed E-state index contributed by atoms with van der Waals surface area (Å²) in [5, 5.41) is 6.53. The van der Waals surface area contributed by atoms with Crippen LogP contribution < -0.4 is 11.1 Å². The molecule has 0 bridgehead atoms. The van der Waals surface area contributed by atoms with Crippen LogP contribution in [0.25, 0.3) is 10.4 Å². The predicted octanol–water partition coefficient (Wildman–Crippen LogP) is 1.34. The molecule has 0 saturated carbocycles. The molecule has 0 radical (unpaired) electrons. The van der Waals surface area contributed by atoms with Crippen molar-refractivity contribution in [1.82, 2.24) is 5.32 Å². The number of methoxy groups -OCH3 is 1. The highest BCUT2D eigenvalue weighted by Crippen LogP contribution is 2.22. The summed E-state index contributed by atoms with van der Waals surface area (Å²) in [4.78, 5) is 14.2. The van der Waals surface area contributed by atoms with Crippen molar-refractivity contribution in [3.8, 4) is 0 Å². The van der Waals surface area contributed by atoms with Gasteiger partial charge in [-0.15, -0.1) is 0 Å². The second-order valence-corrected chi connectivity index (χ2v) is 5.07. The fraction of sp³-hybridized carbons (Fsp3) is 0.909.